The predicted octanol–water partition coefficient (Wildman–Crippen LogP) is 1.36. The van der Waals surface area contributed by atoms with Crippen LogP contribution in [0.1, 0.15) is 24.1 Å². The Morgan fingerprint density at radius 3 is 2.68 bits per heavy atom. The molecule has 19 heavy (non-hydrogen) atoms. The van der Waals surface area contributed by atoms with Crippen LogP contribution in [0.25, 0.3) is 0 Å². The van der Waals surface area contributed by atoms with Gasteiger partial charge in [-0.25, -0.2) is 0 Å². The van der Waals surface area contributed by atoms with Crippen molar-refractivity contribution in [2.75, 3.05) is 20.3 Å². The van der Waals surface area contributed by atoms with E-state index in [2.05, 4.69) is 0 Å². The second-order valence-corrected chi connectivity index (χ2v) is 4.86. The zero-order valence-corrected chi connectivity index (χ0v) is 11.2. The summed E-state index contributed by atoms with van der Waals surface area (Å²) in [6.07, 6.45) is 0.861. The number of ether oxygens (including phenoxy) is 2. The molecular weight excluding hydrogens is 246 g/mol. The molecule has 0 aromatic heterocycles. The van der Waals surface area contributed by atoms with Gasteiger partial charge in [-0.15, -0.1) is 0 Å². The van der Waals surface area contributed by atoms with E-state index >= 15 is 0 Å². The summed E-state index contributed by atoms with van der Waals surface area (Å²) in [7, 11) is 1.56. The molecule has 0 saturated carbocycles. The highest BCUT2D eigenvalue weighted by Crippen LogP contribution is 2.42. The number of aryl methyl sites for hydroxylation is 1. The lowest BCUT2D eigenvalue weighted by atomic mass is 9.75. The molecule has 0 radical (unpaired) electrons. The number of methoxy groups -OCH3 is 1. The minimum Gasteiger partial charge on any atom is -0.496 e. The van der Waals surface area contributed by atoms with E-state index in [1.807, 2.05) is 25.1 Å². The minimum absolute atomic E-state index is 0.142. The van der Waals surface area contributed by atoms with Crippen LogP contribution in [0.5, 0.6) is 5.75 Å². The zero-order chi connectivity index (χ0) is 14.0. The highest BCUT2D eigenvalue weighted by Gasteiger charge is 2.52. The lowest BCUT2D eigenvalue weighted by molar-refractivity contribution is -0.184. The molecule has 1 aliphatic rings. The van der Waals surface area contributed by atoms with Crippen LogP contribution < -0.4 is 10.5 Å². The molecule has 5 nitrogen and oxygen atoms in total. The molecule has 2 rings (SSSR count). The molecule has 1 aromatic carbocycles. The second kappa shape index (κ2) is 5.19. The average Bonchev–Trinajstić information content (AvgIpc) is 2.36. The van der Waals surface area contributed by atoms with E-state index in [-0.39, 0.29) is 13.2 Å². The van der Waals surface area contributed by atoms with Crippen molar-refractivity contribution in [2.45, 2.75) is 19.4 Å². The first-order chi connectivity index (χ1) is 9.05. The Hall–Kier alpha value is -1.59. The Labute approximate surface area is 112 Å². The van der Waals surface area contributed by atoms with Crippen LogP contribution in [0.3, 0.4) is 0 Å². The van der Waals surface area contributed by atoms with Crippen LogP contribution in [0.4, 0.5) is 0 Å². The molecule has 1 unspecified atom stereocenters. The third-order valence-corrected chi connectivity index (χ3v) is 3.78. The summed E-state index contributed by atoms with van der Waals surface area (Å²) >= 11 is 0. The number of hydrogen-bond acceptors (Lipinski definition) is 4. The van der Waals surface area contributed by atoms with Gasteiger partial charge in [0.05, 0.1) is 26.4 Å². The van der Waals surface area contributed by atoms with Crippen LogP contribution in [0.2, 0.25) is 0 Å². The summed E-state index contributed by atoms with van der Waals surface area (Å²) in [4.78, 5) is 11.5. The third-order valence-electron chi connectivity index (χ3n) is 3.78. The molecule has 1 fully saturated rings. The third kappa shape index (κ3) is 2.19. The normalized spacial score (nSPS) is 18.5. The Kier molecular flexibility index (Phi) is 3.78. The van der Waals surface area contributed by atoms with E-state index < -0.39 is 17.4 Å². The quantitative estimate of drug-likeness (QED) is 0.840. The molecule has 1 heterocycles. The first-order valence-electron chi connectivity index (χ1n) is 6.28. The second-order valence-electron chi connectivity index (χ2n) is 4.86. The van der Waals surface area contributed by atoms with E-state index in [4.69, 9.17) is 15.2 Å². The number of carboxylic acids is 1. The topological polar surface area (TPSA) is 81.8 Å². The molecule has 1 aromatic rings. The molecule has 3 N–H and O–H groups in total. The number of aliphatic carboxylic acids is 1. The molecule has 1 atom stereocenters. The van der Waals surface area contributed by atoms with Gasteiger partial charge < -0.3 is 20.3 Å². The van der Waals surface area contributed by atoms with E-state index in [9.17, 15) is 9.90 Å². The number of hydrogen-bond donors (Lipinski definition) is 2. The first kappa shape index (κ1) is 13.8. The van der Waals surface area contributed by atoms with Crippen LogP contribution in [-0.2, 0) is 16.0 Å². The Balaban J connectivity index is 2.42. The van der Waals surface area contributed by atoms with Crippen molar-refractivity contribution in [3.05, 3.63) is 29.3 Å². The average molecular weight is 265 g/mol. The lowest BCUT2D eigenvalue weighted by Crippen LogP contribution is -2.55. The number of nitrogens with two attached hydrogens (primary N) is 1. The van der Waals surface area contributed by atoms with Crippen LogP contribution in [0.15, 0.2) is 18.2 Å². The van der Waals surface area contributed by atoms with Gasteiger partial charge in [0, 0.05) is 5.56 Å². The van der Waals surface area contributed by atoms with Gasteiger partial charge in [-0.1, -0.05) is 19.1 Å². The molecule has 1 aliphatic heterocycles. The van der Waals surface area contributed by atoms with E-state index in [0.29, 0.717) is 5.75 Å². The standard InChI is InChI=1S/C14H19NO4/c1-3-9-4-5-11(18-2)10(6-9)12(15)14(13(16)17)7-19-8-14/h4-6,12H,3,7-8,15H2,1-2H3,(H,16,17). The first-order valence-corrected chi connectivity index (χ1v) is 6.28. The van der Waals surface area contributed by atoms with Crippen molar-refractivity contribution >= 4 is 5.97 Å². The highest BCUT2D eigenvalue weighted by atomic mass is 16.5. The maximum Gasteiger partial charge on any atom is 0.316 e. The number of benzene rings is 1. The monoisotopic (exact) mass is 265 g/mol. The van der Waals surface area contributed by atoms with Crippen molar-refractivity contribution < 1.29 is 19.4 Å². The van der Waals surface area contributed by atoms with Crippen LogP contribution in [0, 0.1) is 5.41 Å². The van der Waals surface area contributed by atoms with Gasteiger partial charge in [-0.3, -0.25) is 4.79 Å². The number of rotatable bonds is 5. The van der Waals surface area contributed by atoms with Crippen molar-refractivity contribution in [3.8, 4) is 5.75 Å². The van der Waals surface area contributed by atoms with Gasteiger partial charge in [0.1, 0.15) is 11.2 Å². The van der Waals surface area contributed by atoms with Gasteiger partial charge in [-0.05, 0) is 18.1 Å². The fourth-order valence-electron chi connectivity index (χ4n) is 2.30. The number of carbonyl (C=O) groups is 1. The van der Waals surface area contributed by atoms with Gasteiger partial charge in [0.2, 0.25) is 0 Å². The summed E-state index contributed by atoms with van der Waals surface area (Å²) in [6, 6.07) is 5.08. The summed E-state index contributed by atoms with van der Waals surface area (Å²) in [5, 5.41) is 9.40. The molecule has 0 bridgehead atoms. The summed E-state index contributed by atoms with van der Waals surface area (Å²) < 4.78 is 10.4. The predicted molar refractivity (Wildman–Crippen MR) is 70.2 cm³/mol. The van der Waals surface area contributed by atoms with E-state index in [1.54, 1.807) is 7.11 Å². The SMILES string of the molecule is CCc1ccc(OC)c(C(N)C2(C(=O)O)COC2)c1. The van der Waals surface area contributed by atoms with Crippen molar-refractivity contribution in [3.63, 3.8) is 0 Å². The molecular formula is C14H19NO4. The van der Waals surface area contributed by atoms with Gasteiger partial charge >= 0.3 is 5.97 Å². The minimum atomic E-state index is -1.04. The molecule has 0 amide bonds. The molecule has 0 spiro atoms. The summed E-state index contributed by atoms with van der Waals surface area (Å²) in [5.41, 5.74) is 6.99. The molecule has 104 valence electrons. The van der Waals surface area contributed by atoms with Crippen LogP contribution in [-0.4, -0.2) is 31.4 Å². The largest absolute Gasteiger partial charge is 0.496 e. The molecule has 0 aliphatic carbocycles. The fraction of sp³-hybridized carbons (Fsp3) is 0.500. The van der Waals surface area contributed by atoms with E-state index in [1.165, 1.54) is 0 Å². The zero-order valence-electron chi connectivity index (χ0n) is 11.2. The van der Waals surface area contributed by atoms with Crippen molar-refractivity contribution in [2.24, 2.45) is 11.1 Å². The highest BCUT2D eigenvalue weighted by molar-refractivity contribution is 5.77. The summed E-state index contributed by atoms with van der Waals surface area (Å²) in [6.45, 7) is 2.32. The summed E-state index contributed by atoms with van der Waals surface area (Å²) in [5.74, 6) is -0.299. The molecule has 1 saturated heterocycles. The fourth-order valence-corrected chi connectivity index (χ4v) is 2.30. The van der Waals surface area contributed by atoms with Crippen molar-refractivity contribution in [1.82, 2.24) is 0 Å². The van der Waals surface area contributed by atoms with Gasteiger partial charge in [-0.2, -0.15) is 0 Å². The Morgan fingerprint density at radius 1 is 1.58 bits per heavy atom. The lowest BCUT2D eigenvalue weighted by Gasteiger charge is -2.42. The number of carboxylic acid groups (broad SMARTS) is 1. The van der Waals surface area contributed by atoms with E-state index in [0.717, 1.165) is 17.5 Å². The van der Waals surface area contributed by atoms with Gasteiger partial charge in [0.25, 0.3) is 0 Å². The Morgan fingerprint density at radius 2 is 2.26 bits per heavy atom. The van der Waals surface area contributed by atoms with Crippen LogP contribution >= 0.6 is 0 Å². The van der Waals surface area contributed by atoms with Gasteiger partial charge in [0.15, 0.2) is 0 Å². The maximum absolute atomic E-state index is 11.5. The Bertz CT molecular complexity index is 482. The smallest absolute Gasteiger partial charge is 0.316 e. The van der Waals surface area contributed by atoms with Crippen molar-refractivity contribution in [1.29, 1.82) is 0 Å². The molecule has 5 heteroatoms. The maximum atomic E-state index is 11.5.